The Labute approximate surface area is 84.6 Å². The summed E-state index contributed by atoms with van der Waals surface area (Å²) in [4.78, 5) is 0. The number of ether oxygens (including phenoxy) is 1. The second kappa shape index (κ2) is 7.13. The van der Waals surface area contributed by atoms with E-state index in [1.807, 2.05) is 0 Å². The van der Waals surface area contributed by atoms with Crippen molar-refractivity contribution in [2.75, 3.05) is 6.61 Å². The Morgan fingerprint density at radius 2 is 2.42 bits per heavy atom. The van der Waals surface area contributed by atoms with Crippen molar-refractivity contribution in [3.63, 3.8) is 0 Å². The minimum atomic E-state index is 0.133. The van der Waals surface area contributed by atoms with Gasteiger partial charge in [0.1, 0.15) is 0 Å². The van der Waals surface area contributed by atoms with Crippen LogP contribution in [0, 0.1) is 0 Å². The van der Waals surface area contributed by atoms with Crippen LogP contribution in [0.3, 0.4) is 0 Å². The molecule has 1 rings (SSSR count). The van der Waals surface area contributed by atoms with E-state index >= 15 is 0 Å². The van der Waals surface area contributed by atoms with Gasteiger partial charge in [0, 0.05) is 0 Å². The van der Waals surface area contributed by atoms with Crippen LogP contribution in [0.25, 0.3) is 0 Å². The molecule has 12 heavy (non-hydrogen) atoms. The third-order valence-electron chi connectivity index (χ3n) is 2.40. The monoisotopic (exact) mass is 252 g/mol. The van der Waals surface area contributed by atoms with E-state index in [2.05, 4.69) is 5.82 Å². The molecule has 0 spiro atoms. The van der Waals surface area contributed by atoms with Gasteiger partial charge in [0.25, 0.3) is 0 Å². The van der Waals surface area contributed by atoms with Crippen LogP contribution in [0.5, 0.6) is 0 Å². The molecule has 1 unspecified atom stereocenters. The minimum absolute atomic E-state index is 0.133. The summed E-state index contributed by atoms with van der Waals surface area (Å²) in [5, 5.41) is 1.49. The summed E-state index contributed by atoms with van der Waals surface area (Å²) in [5.74, 6) is 2.34. The van der Waals surface area contributed by atoms with Crippen LogP contribution in [-0.2, 0) is 4.74 Å². The molecule has 0 aromatic heterocycles. The average molecular weight is 251 g/mol. The van der Waals surface area contributed by atoms with Crippen LogP contribution >= 0.6 is 0 Å². The van der Waals surface area contributed by atoms with Gasteiger partial charge in [-0.05, 0) is 0 Å². The summed E-state index contributed by atoms with van der Waals surface area (Å²) in [6.45, 7) is 1.05. The summed E-state index contributed by atoms with van der Waals surface area (Å²) in [6.07, 6.45) is 5.60. The van der Waals surface area contributed by atoms with E-state index < -0.39 is 0 Å². The molecule has 0 radical (unpaired) electrons. The molecular formula is C9H20OSeSi. The fourth-order valence-electron chi connectivity index (χ4n) is 1.65. The fraction of sp³-hybridized carbons (Fsp3) is 1.00. The molecule has 0 aromatic rings. The average Bonchev–Trinajstić information content (AvgIpc) is 2.14. The van der Waals surface area contributed by atoms with E-state index in [4.69, 9.17) is 4.74 Å². The van der Waals surface area contributed by atoms with Crippen LogP contribution in [0.4, 0.5) is 0 Å². The normalized spacial score (nSPS) is 25.2. The summed E-state index contributed by atoms with van der Waals surface area (Å²) < 4.78 is 5.72. The maximum atomic E-state index is 5.72. The zero-order chi connectivity index (χ0) is 8.65. The Kier molecular flexibility index (Phi) is 6.41. The third kappa shape index (κ3) is 4.66. The molecule has 3 heteroatoms. The van der Waals surface area contributed by atoms with E-state index in [9.17, 15) is 0 Å². The first-order valence-electron chi connectivity index (χ1n) is 5.04. The van der Waals surface area contributed by atoms with E-state index in [0.717, 1.165) is 27.3 Å². The van der Waals surface area contributed by atoms with Crippen LogP contribution in [0.15, 0.2) is 0 Å². The molecule has 1 atom stereocenters. The molecule has 0 amide bonds. The van der Waals surface area contributed by atoms with Crippen LogP contribution in [-0.4, -0.2) is 36.8 Å². The Hall–Kier alpha value is 0.696. The van der Waals surface area contributed by atoms with Gasteiger partial charge in [-0.2, -0.15) is 0 Å². The van der Waals surface area contributed by atoms with E-state index in [-0.39, 0.29) is 9.52 Å². The van der Waals surface area contributed by atoms with Gasteiger partial charge in [-0.3, -0.25) is 0 Å². The first-order valence-corrected chi connectivity index (χ1v) is 9.78. The molecule has 0 N–H and O–H groups in total. The van der Waals surface area contributed by atoms with Crippen molar-refractivity contribution in [3.8, 4) is 0 Å². The Balaban J connectivity index is 1.91. The maximum absolute atomic E-state index is 5.72. The number of hydrogen-bond acceptors (Lipinski definition) is 1. The first-order chi connectivity index (χ1) is 5.93. The SMILES string of the molecule is C[Se]CCC[SiH2]C1CCCCO1. The van der Waals surface area contributed by atoms with Gasteiger partial charge >= 0.3 is 84.4 Å². The molecule has 0 aromatic carbocycles. The van der Waals surface area contributed by atoms with Crippen molar-refractivity contribution >= 4 is 24.5 Å². The third-order valence-corrected chi connectivity index (χ3v) is 6.06. The Morgan fingerprint density at radius 3 is 3.08 bits per heavy atom. The molecule has 1 aliphatic rings. The molecule has 0 saturated carbocycles. The van der Waals surface area contributed by atoms with Crippen molar-refractivity contribution in [2.24, 2.45) is 0 Å². The van der Waals surface area contributed by atoms with Gasteiger partial charge in [0.05, 0.1) is 0 Å². The molecule has 1 saturated heterocycles. The summed E-state index contributed by atoms with van der Waals surface area (Å²) >= 11 is 0.905. The van der Waals surface area contributed by atoms with Crippen molar-refractivity contribution in [1.82, 2.24) is 0 Å². The van der Waals surface area contributed by atoms with Crippen LogP contribution < -0.4 is 0 Å². The number of rotatable bonds is 5. The summed E-state index contributed by atoms with van der Waals surface area (Å²) in [5.41, 5.74) is 0.753. The second-order valence-corrected chi connectivity index (χ2v) is 7.74. The van der Waals surface area contributed by atoms with Gasteiger partial charge in [-0.15, -0.1) is 0 Å². The number of hydrogen-bond donors (Lipinski definition) is 0. The fourth-order valence-corrected chi connectivity index (χ4v) is 5.40. The Morgan fingerprint density at radius 1 is 1.50 bits per heavy atom. The van der Waals surface area contributed by atoms with Crippen molar-refractivity contribution in [3.05, 3.63) is 0 Å². The first kappa shape index (κ1) is 10.8. The Bertz CT molecular complexity index is 105. The summed E-state index contributed by atoms with van der Waals surface area (Å²) in [6, 6.07) is 1.53. The van der Waals surface area contributed by atoms with Crippen molar-refractivity contribution < 1.29 is 4.74 Å². The molecular weight excluding hydrogens is 231 g/mol. The van der Waals surface area contributed by atoms with Crippen LogP contribution in [0.2, 0.25) is 17.2 Å². The van der Waals surface area contributed by atoms with Crippen molar-refractivity contribution in [2.45, 2.75) is 48.6 Å². The molecule has 1 fully saturated rings. The quantitative estimate of drug-likeness (QED) is 0.533. The zero-order valence-corrected chi connectivity index (χ0v) is 11.2. The topological polar surface area (TPSA) is 9.23 Å². The molecule has 1 heterocycles. The predicted octanol–water partition coefficient (Wildman–Crippen LogP) is 1.66. The molecule has 0 aliphatic carbocycles. The van der Waals surface area contributed by atoms with Gasteiger partial charge in [0.15, 0.2) is 0 Å². The zero-order valence-electron chi connectivity index (χ0n) is 8.05. The predicted molar refractivity (Wildman–Crippen MR) is 58.0 cm³/mol. The second-order valence-electron chi connectivity index (χ2n) is 3.48. The van der Waals surface area contributed by atoms with Crippen molar-refractivity contribution in [1.29, 1.82) is 0 Å². The van der Waals surface area contributed by atoms with E-state index in [0.29, 0.717) is 0 Å². The van der Waals surface area contributed by atoms with E-state index in [1.165, 1.54) is 37.0 Å². The molecule has 1 nitrogen and oxygen atoms in total. The molecule has 1 aliphatic heterocycles. The van der Waals surface area contributed by atoms with Gasteiger partial charge in [-0.1, -0.05) is 0 Å². The van der Waals surface area contributed by atoms with E-state index in [1.54, 1.807) is 0 Å². The summed E-state index contributed by atoms with van der Waals surface area (Å²) in [7, 11) is 0.133. The molecule has 0 bridgehead atoms. The van der Waals surface area contributed by atoms with Crippen LogP contribution in [0.1, 0.15) is 25.7 Å². The van der Waals surface area contributed by atoms with Gasteiger partial charge in [-0.25, -0.2) is 0 Å². The van der Waals surface area contributed by atoms with Gasteiger partial charge < -0.3 is 0 Å². The standard InChI is InChI=1S/C9H20OSeSi/c1-11-7-4-8-12-9-5-2-3-6-10-9/h9H,2-8,12H2,1H3. The van der Waals surface area contributed by atoms with Gasteiger partial charge in [0.2, 0.25) is 0 Å². The molecule has 72 valence electrons.